The van der Waals surface area contributed by atoms with Crippen LogP contribution in [0.2, 0.25) is 0 Å². The SMILES string of the molecule is CCOc1cc(O)c(C(=O)C2C=CC(C)=CC2)cc1C. The molecule has 0 radical (unpaired) electrons. The highest BCUT2D eigenvalue weighted by Crippen LogP contribution is 2.31. The summed E-state index contributed by atoms with van der Waals surface area (Å²) in [5, 5.41) is 10.1. The maximum absolute atomic E-state index is 12.5. The third-order valence-electron chi connectivity index (χ3n) is 3.48. The van der Waals surface area contributed by atoms with Gasteiger partial charge >= 0.3 is 0 Å². The van der Waals surface area contributed by atoms with Crippen LogP contribution in [0.15, 0.2) is 35.9 Å². The third kappa shape index (κ3) is 2.93. The van der Waals surface area contributed by atoms with E-state index >= 15 is 0 Å². The molecular formula is C17H20O3. The van der Waals surface area contributed by atoms with Crippen LogP contribution in [0.1, 0.15) is 36.2 Å². The zero-order valence-electron chi connectivity index (χ0n) is 12.1. The Labute approximate surface area is 119 Å². The van der Waals surface area contributed by atoms with Crippen molar-refractivity contribution in [2.24, 2.45) is 5.92 Å². The molecule has 0 saturated heterocycles. The van der Waals surface area contributed by atoms with E-state index in [2.05, 4.69) is 0 Å². The molecule has 1 aromatic carbocycles. The van der Waals surface area contributed by atoms with Gasteiger partial charge in [-0.1, -0.05) is 23.8 Å². The van der Waals surface area contributed by atoms with Crippen molar-refractivity contribution in [3.8, 4) is 11.5 Å². The van der Waals surface area contributed by atoms with Crippen molar-refractivity contribution in [3.63, 3.8) is 0 Å². The molecule has 1 unspecified atom stereocenters. The van der Waals surface area contributed by atoms with Crippen LogP contribution < -0.4 is 4.74 Å². The molecule has 3 heteroatoms. The second kappa shape index (κ2) is 5.95. The number of benzene rings is 1. The Balaban J connectivity index is 2.27. The molecule has 1 aliphatic carbocycles. The molecule has 0 fully saturated rings. The van der Waals surface area contributed by atoms with E-state index in [0.717, 1.165) is 5.56 Å². The fraction of sp³-hybridized carbons (Fsp3) is 0.353. The molecule has 0 bridgehead atoms. The first-order chi connectivity index (χ1) is 9.52. The van der Waals surface area contributed by atoms with Gasteiger partial charge in [-0.25, -0.2) is 0 Å². The van der Waals surface area contributed by atoms with Crippen LogP contribution in [0.5, 0.6) is 11.5 Å². The van der Waals surface area contributed by atoms with Crippen molar-refractivity contribution in [2.75, 3.05) is 6.61 Å². The van der Waals surface area contributed by atoms with Crippen molar-refractivity contribution in [2.45, 2.75) is 27.2 Å². The number of allylic oxidation sites excluding steroid dienone is 4. The molecule has 3 nitrogen and oxygen atoms in total. The van der Waals surface area contributed by atoms with Gasteiger partial charge in [-0.3, -0.25) is 4.79 Å². The summed E-state index contributed by atoms with van der Waals surface area (Å²) in [5.41, 5.74) is 2.40. The Morgan fingerprint density at radius 1 is 1.40 bits per heavy atom. The molecule has 0 saturated carbocycles. The number of carbonyl (C=O) groups excluding carboxylic acids is 1. The highest BCUT2D eigenvalue weighted by molar-refractivity contribution is 6.01. The molecule has 1 aliphatic rings. The van der Waals surface area contributed by atoms with Gasteiger partial charge in [-0.15, -0.1) is 0 Å². The topological polar surface area (TPSA) is 46.5 Å². The molecule has 1 atom stereocenters. The van der Waals surface area contributed by atoms with Crippen LogP contribution in [0, 0.1) is 12.8 Å². The largest absolute Gasteiger partial charge is 0.507 e. The lowest BCUT2D eigenvalue weighted by atomic mass is 9.89. The zero-order valence-corrected chi connectivity index (χ0v) is 12.1. The van der Waals surface area contributed by atoms with E-state index < -0.39 is 0 Å². The maximum atomic E-state index is 12.5. The van der Waals surface area contributed by atoms with Gasteiger partial charge in [0.15, 0.2) is 5.78 Å². The number of hydrogen-bond donors (Lipinski definition) is 1. The lowest BCUT2D eigenvalue weighted by Gasteiger charge is -2.16. The van der Waals surface area contributed by atoms with Gasteiger partial charge < -0.3 is 9.84 Å². The smallest absolute Gasteiger partial charge is 0.173 e. The summed E-state index contributed by atoms with van der Waals surface area (Å²) in [6, 6.07) is 3.24. The van der Waals surface area contributed by atoms with Crippen LogP contribution in [0.4, 0.5) is 0 Å². The van der Waals surface area contributed by atoms with Gasteiger partial charge in [0.2, 0.25) is 0 Å². The van der Waals surface area contributed by atoms with Crippen molar-refractivity contribution < 1.29 is 14.6 Å². The van der Waals surface area contributed by atoms with Crippen molar-refractivity contribution in [1.82, 2.24) is 0 Å². The second-order valence-corrected chi connectivity index (χ2v) is 5.08. The number of phenols is 1. The number of rotatable bonds is 4. The summed E-state index contributed by atoms with van der Waals surface area (Å²) in [4.78, 5) is 12.5. The number of phenolic OH excluding ortho intramolecular Hbond substituents is 1. The van der Waals surface area contributed by atoms with E-state index in [1.807, 2.05) is 39.0 Å². The monoisotopic (exact) mass is 272 g/mol. The number of Topliss-reactive ketones (excluding diaryl/α,β-unsaturated/α-hetero) is 1. The fourth-order valence-corrected chi connectivity index (χ4v) is 2.31. The lowest BCUT2D eigenvalue weighted by molar-refractivity contribution is 0.0942. The molecular weight excluding hydrogens is 252 g/mol. The van der Waals surface area contributed by atoms with E-state index in [-0.39, 0.29) is 17.5 Å². The third-order valence-corrected chi connectivity index (χ3v) is 3.48. The first kappa shape index (κ1) is 14.4. The average Bonchev–Trinajstić information content (AvgIpc) is 2.43. The minimum atomic E-state index is -0.193. The van der Waals surface area contributed by atoms with Gasteiger partial charge in [0.1, 0.15) is 11.5 Å². The molecule has 0 heterocycles. The number of carbonyl (C=O) groups is 1. The molecule has 1 aromatic rings. The predicted octanol–water partition coefficient (Wildman–Crippen LogP) is 3.80. The molecule has 106 valence electrons. The van der Waals surface area contributed by atoms with Crippen LogP contribution in [0.25, 0.3) is 0 Å². The van der Waals surface area contributed by atoms with Gasteiger partial charge in [-0.2, -0.15) is 0 Å². The minimum absolute atomic E-state index is 0.0104. The Bertz CT molecular complexity index is 582. The molecule has 20 heavy (non-hydrogen) atoms. The second-order valence-electron chi connectivity index (χ2n) is 5.08. The van der Waals surface area contributed by atoms with Gasteiger partial charge in [0, 0.05) is 12.0 Å². The van der Waals surface area contributed by atoms with Crippen LogP contribution in [-0.4, -0.2) is 17.5 Å². The highest BCUT2D eigenvalue weighted by Gasteiger charge is 2.22. The predicted molar refractivity (Wildman–Crippen MR) is 79.3 cm³/mol. The Morgan fingerprint density at radius 2 is 2.15 bits per heavy atom. The summed E-state index contributed by atoms with van der Waals surface area (Å²) in [7, 11) is 0. The number of ether oxygens (including phenoxy) is 1. The first-order valence-electron chi connectivity index (χ1n) is 6.88. The number of aryl methyl sites for hydroxylation is 1. The highest BCUT2D eigenvalue weighted by atomic mass is 16.5. The quantitative estimate of drug-likeness (QED) is 0.848. The van der Waals surface area contributed by atoms with Crippen molar-refractivity contribution in [3.05, 3.63) is 47.1 Å². The Morgan fingerprint density at radius 3 is 2.75 bits per heavy atom. The molecule has 0 aromatic heterocycles. The molecule has 0 aliphatic heterocycles. The molecule has 2 rings (SSSR count). The van der Waals surface area contributed by atoms with Gasteiger partial charge in [0.25, 0.3) is 0 Å². The molecule has 0 spiro atoms. The van der Waals surface area contributed by atoms with E-state index in [9.17, 15) is 9.90 Å². The normalized spacial score (nSPS) is 17.8. The number of aromatic hydroxyl groups is 1. The van der Waals surface area contributed by atoms with E-state index in [1.165, 1.54) is 11.6 Å². The van der Waals surface area contributed by atoms with Gasteiger partial charge in [-0.05, 0) is 38.8 Å². The van der Waals surface area contributed by atoms with E-state index in [0.29, 0.717) is 24.3 Å². The maximum Gasteiger partial charge on any atom is 0.173 e. The fourth-order valence-electron chi connectivity index (χ4n) is 2.31. The Hall–Kier alpha value is -2.03. The average molecular weight is 272 g/mol. The standard InChI is InChI=1S/C17H20O3/c1-4-20-16-10-15(18)14(9-12(16)3)17(19)13-7-5-11(2)6-8-13/h5-7,9-10,13,18H,4,8H2,1-3H3. The van der Waals surface area contributed by atoms with Gasteiger partial charge in [0.05, 0.1) is 12.2 Å². The number of hydrogen-bond acceptors (Lipinski definition) is 3. The summed E-state index contributed by atoms with van der Waals surface area (Å²) in [6.07, 6.45) is 6.58. The van der Waals surface area contributed by atoms with Crippen molar-refractivity contribution in [1.29, 1.82) is 0 Å². The van der Waals surface area contributed by atoms with E-state index in [1.54, 1.807) is 6.07 Å². The minimum Gasteiger partial charge on any atom is -0.507 e. The Kier molecular flexibility index (Phi) is 4.28. The van der Waals surface area contributed by atoms with E-state index in [4.69, 9.17) is 4.74 Å². The summed E-state index contributed by atoms with van der Waals surface area (Å²) >= 11 is 0. The van der Waals surface area contributed by atoms with Crippen molar-refractivity contribution >= 4 is 5.78 Å². The zero-order chi connectivity index (χ0) is 14.7. The summed E-state index contributed by atoms with van der Waals surface area (Å²) in [6.45, 7) is 6.30. The van der Waals surface area contributed by atoms with Crippen LogP contribution in [0.3, 0.4) is 0 Å². The first-order valence-corrected chi connectivity index (χ1v) is 6.88. The van der Waals surface area contributed by atoms with Crippen LogP contribution >= 0.6 is 0 Å². The van der Waals surface area contributed by atoms with Crippen LogP contribution in [-0.2, 0) is 0 Å². The molecule has 0 amide bonds. The lowest BCUT2D eigenvalue weighted by Crippen LogP contribution is -2.14. The number of ketones is 1. The summed E-state index contributed by atoms with van der Waals surface area (Å²) in [5.74, 6) is 0.371. The molecule has 1 N–H and O–H groups in total. The summed E-state index contributed by atoms with van der Waals surface area (Å²) < 4.78 is 5.42.